The Balaban J connectivity index is 1.29. The smallest absolute Gasteiger partial charge is 0.123 e. The number of hydrogen-bond donors (Lipinski definition) is 0. The van der Waals surface area contributed by atoms with E-state index in [0.717, 1.165) is 50.4 Å². The van der Waals surface area contributed by atoms with Crippen LogP contribution in [0.2, 0.25) is 0 Å². The van der Waals surface area contributed by atoms with E-state index in [2.05, 4.69) is 40.4 Å². The lowest BCUT2D eigenvalue weighted by Crippen LogP contribution is -2.09. The molecular formula is C42H24F3N. The van der Waals surface area contributed by atoms with E-state index >= 15 is 0 Å². The maximum Gasteiger partial charge on any atom is 0.123 e. The number of halogens is 3. The molecule has 218 valence electrons. The summed E-state index contributed by atoms with van der Waals surface area (Å²) in [5.41, 5.74) is 7.43. The molecule has 0 radical (unpaired) electrons. The molecule has 0 N–H and O–H groups in total. The molecule has 0 fully saturated rings. The predicted molar refractivity (Wildman–Crippen MR) is 178 cm³/mol. The molecule has 0 aliphatic rings. The summed E-state index contributed by atoms with van der Waals surface area (Å²) in [7, 11) is 0. The average Bonchev–Trinajstić information content (AvgIpc) is 3.09. The molecule has 0 unspecified atom stereocenters. The minimum atomic E-state index is -0.295. The summed E-state index contributed by atoms with van der Waals surface area (Å²) in [5, 5.41) is 0. The van der Waals surface area contributed by atoms with Crippen molar-refractivity contribution in [2.45, 2.75) is 0 Å². The van der Waals surface area contributed by atoms with Gasteiger partial charge in [0.1, 0.15) is 17.5 Å². The van der Waals surface area contributed by atoms with Crippen LogP contribution < -0.4 is 4.90 Å². The molecular weight excluding hydrogens is 575 g/mol. The molecule has 6 aromatic carbocycles. The van der Waals surface area contributed by atoms with Gasteiger partial charge in [-0.1, -0.05) is 35.5 Å². The zero-order chi connectivity index (χ0) is 31.7. The van der Waals surface area contributed by atoms with Crippen molar-refractivity contribution in [2.75, 3.05) is 4.90 Å². The van der Waals surface area contributed by atoms with Crippen LogP contribution in [-0.2, 0) is 0 Å². The summed E-state index contributed by atoms with van der Waals surface area (Å²) in [6.45, 7) is 0. The molecule has 0 aliphatic heterocycles. The molecule has 0 bridgehead atoms. The van der Waals surface area contributed by atoms with Crippen molar-refractivity contribution in [3.8, 4) is 35.5 Å². The van der Waals surface area contributed by atoms with Gasteiger partial charge in [0.25, 0.3) is 0 Å². The summed E-state index contributed by atoms with van der Waals surface area (Å²) >= 11 is 0. The number of rotatable bonds is 3. The fourth-order valence-corrected chi connectivity index (χ4v) is 4.56. The van der Waals surface area contributed by atoms with Gasteiger partial charge in [0.05, 0.1) is 0 Å². The highest BCUT2D eigenvalue weighted by atomic mass is 19.1. The van der Waals surface area contributed by atoms with Crippen LogP contribution in [0.5, 0.6) is 0 Å². The highest BCUT2D eigenvalue weighted by Gasteiger charge is 2.12. The molecule has 1 nitrogen and oxygen atoms in total. The van der Waals surface area contributed by atoms with Crippen LogP contribution in [0.3, 0.4) is 0 Å². The van der Waals surface area contributed by atoms with E-state index in [1.165, 1.54) is 36.4 Å². The Labute approximate surface area is 266 Å². The SMILES string of the molecule is Fc1ccc(C#Cc2ccc(N(c3ccc(C#Cc4ccc(F)cc4)cc3)c3ccc(C#Cc4ccc(F)cc4)cc3)cc2)cc1. The van der Waals surface area contributed by atoms with Gasteiger partial charge in [0, 0.05) is 50.4 Å². The fourth-order valence-electron chi connectivity index (χ4n) is 4.56. The minimum absolute atomic E-state index is 0.295. The molecule has 4 heteroatoms. The van der Waals surface area contributed by atoms with Crippen LogP contribution in [0, 0.1) is 53.0 Å². The van der Waals surface area contributed by atoms with Gasteiger partial charge in [0.15, 0.2) is 0 Å². The largest absolute Gasteiger partial charge is 0.311 e. The minimum Gasteiger partial charge on any atom is -0.311 e. The summed E-state index contributed by atoms with van der Waals surface area (Å²) in [5.74, 6) is 17.7. The molecule has 0 saturated heterocycles. The van der Waals surface area contributed by atoms with Crippen molar-refractivity contribution in [2.24, 2.45) is 0 Å². The van der Waals surface area contributed by atoms with E-state index in [1.807, 2.05) is 72.8 Å². The monoisotopic (exact) mass is 599 g/mol. The second-order valence-electron chi connectivity index (χ2n) is 10.2. The van der Waals surface area contributed by atoms with Crippen LogP contribution in [0.15, 0.2) is 146 Å². The molecule has 46 heavy (non-hydrogen) atoms. The highest BCUT2D eigenvalue weighted by molar-refractivity contribution is 5.77. The highest BCUT2D eigenvalue weighted by Crippen LogP contribution is 2.34. The van der Waals surface area contributed by atoms with Crippen molar-refractivity contribution in [1.29, 1.82) is 0 Å². The van der Waals surface area contributed by atoms with Crippen LogP contribution in [0.4, 0.5) is 30.2 Å². The Bertz CT molecular complexity index is 1880. The maximum atomic E-state index is 13.2. The summed E-state index contributed by atoms with van der Waals surface area (Å²) in [4.78, 5) is 2.12. The normalized spacial score (nSPS) is 9.98. The van der Waals surface area contributed by atoms with E-state index in [-0.39, 0.29) is 17.5 Å². The van der Waals surface area contributed by atoms with Crippen LogP contribution in [0.25, 0.3) is 0 Å². The standard InChI is InChI=1S/C42H24F3N/c43-37-19-7-31(8-20-37)1-4-34-13-25-40(26-14-34)46(41-27-15-35(16-28-41)5-2-32-9-21-38(44)22-10-32)42-29-17-36(18-30-42)6-3-33-11-23-39(45)24-12-33/h7-30H. The Morgan fingerprint density at radius 1 is 0.261 bits per heavy atom. The zero-order valence-corrected chi connectivity index (χ0v) is 24.4. The lowest BCUT2D eigenvalue weighted by atomic mass is 10.1. The first-order valence-corrected chi connectivity index (χ1v) is 14.4. The number of anilines is 3. The molecule has 0 aliphatic carbocycles. The van der Waals surface area contributed by atoms with E-state index in [9.17, 15) is 13.2 Å². The Morgan fingerprint density at radius 2 is 0.435 bits per heavy atom. The van der Waals surface area contributed by atoms with Gasteiger partial charge in [-0.05, 0) is 146 Å². The molecule has 0 saturated carbocycles. The summed E-state index contributed by atoms with van der Waals surface area (Å²) < 4.78 is 39.7. The Hall–Kier alpha value is -6.41. The second kappa shape index (κ2) is 13.9. The van der Waals surface area contributed by atoms with Gasteiger partial charge in [-0.15, -0.1) is 0 Å². The maximum absolute atomic E-state index is 13.2. The van der Waals surface area contributed by atoms with Gasteiger partial charge < -0.3 is 4.90 Å². The van der Waals surface area contributed by atoms with Gasteiger partial charge in [-0.2, -0.15) is 0 Å². The first-order chi connectivity index (χ1) is 22.5. The number of benzene rings is 6. The van der Waals surface area contributed by atoms with Gasteiger partial charge >= 0.3 is 0 Å². The molecule has 6 rings (SSSR count). The van der Waals surface area contributed by atoms with Crippen molar-refractivity contribution >= 4 is 17.1 Å². The number of nitrogens with zero attached hydrogens (tertiary/aromatic N) is 1. The van der Waals surface area contributed by atoms with Crippen molar-refractivity contribution in [3.05, 3.63) is 196 Å². The predicted octanol–water partition coefficient (Wildman–Crippen LogP) is 9.77. The van der Waals surface area contributed by atoms with Crippen LogP contribution in [-0.4, -0.2) is 0 Å². The molecule has 0 heterocycles. The lowest BCUT2D eigenvalue weighted by Gasteiger charge is -2.25. The van der Waals surface area contributed by atoms with Gasteiger partial charge in [-0.3, -0.25) is 0 Å². The first-order valence-electron chi connectivity index (χ1n) is 14.4. The fraction of sp³-hybridized carbons (Fsp3) is 0. The molecule has 0 amide bonds. The molecule has 6 aromatic rings. The Kier molecular flexibility index (Phi) is 8.97. The number of hydrogen-bond acceptors (Lipinski definition) is 1. The van der Waals surface area contributed by atoms with E-state index in [1.54, 1.807) is 36.4 Å². The van der Waals surface area contributed by atoms with Gasteiger partial charge in [0.2, 0.25) is 0 Å². The van der Waals surface area contributed by atoms with Crippen molar-refractivity contribution < 1.29 is 13.2 Å². The van der Waals surface area contributed by atoms with Crippen LogP contribution >= 0.6 is 0 Å². The summed E-state index contributed by atoms with van der Waals surface area (Å²) in [6, 6.07) is 42.0. The van der Waals surface area contributed by atoms with Gasteiger partial charge in [-0.25, -0.2) is 13.2 Å². The van der Waals surface area contributed by atoms with Crippen molar-refractivity contribution in [3.63, 3.8) is 0 Å². The molecule has 0 spiro atoms. The zero-order valence-electron chi connectivity index (χ0n) is 24.4. The second-order valence-corrected chi connectivity index (χ2v) is 10.2. The third kappa shape index (κ3) is 7.75. The molecule has 0 atom stereocenters. The molecule has 0 aromatic heterocycles. The van der Waals surface area contributed by atoms with Crippen molar-refractivity contribution in [1.82, 2.24) is 0 Å². The average molecular weight is 600 g/mol. The first kappa shape index (κ1) is 29.7. The van der Waals surface area contributed by atoms with E-state index in [0.29, 0.717) is 0 Å². The lowest BCUT2D eigenvalue weighted by molar-refractivity contribution is 0.627. The summed E-state index contributed by atoms with van der Waals surface area (Å²) in [6.07, 6.45) is 0. The third-order valence-electron chi connectivity index (χ3n) is 6.96. The Morgan fingerprint density at radius 3 is 0.630 bits per heavy atom. The van der Waals surface area contributed by atoms with E-state index < -0.39 is 0 Å². The third-order valence-corrected chi connectivity index (χ3v) is 6.96. The van der Waals surface area contributed by atoms with E-state index in [4.69, 9.17) is 0 Å². The van der Waals surface area contributed by atoms with Crippen LogP contribution in [0.1, 0.15) is 33.4 Å². The quantitative estimate of drug-likeness (QED) is 0.183. The topological polar surface area (TPSA) is 3.24 Å².